The summed E-state index contributed by atoms with van der Waals surface area (Å²) in [6.07, 6.45) is 8.19. The predicted molar refractivity (Wildman–Crippen MR) is 173 cm³/mol. The molecule has 5 fully saturated rings. The number of aromatic hydroxyl groups is 1. The third-order valence-electron chi connectivity index (χ3n) is 10.5. The van der Waals surface area contributed by atoms with Crippen LogP contribution in [-0.2, 0) is 0 Å². The molecule has 226 valence electrons. The van der Waals surface area contributed by atoms with Crippen molar-refractivity contribution in [3.8, 4) is 17.6 Å². The molecule has 6 heteroatoms. The van der Waals surface area contributed by atoms with Crippen LogP contribution in [0.5, 0.6) is 5.75 Å². The fourth-order valence-corrected chi connectivity index (χ4v) is 8.93. The normalized spacial score (nSPS) is 25.3. The van der Waals surface area contributed by atoms with Crippen molar-refractivity contribution >= 4 is 17.5 Å². The van der Waals surface area contributed by atoms with Crippen molar-refractivity contribution in [2.45, 2.75) is 38.5 Å². The molecule has 3 aromatic rings. The van der Waals surface area contributed by atoms with E-state index in [1.54, 1.807) is 18.2 Å². The Morgan fingerprint density at radius 1 is 0.841 bits per heavy atom. The lowest BCUT2D eigenvalue weighted by molar-refractivity contribution is -0.0629. The highest BCUT2D eigenvalue weighted by Crippen LogP contribution is 2.60. The molecular formula is C38H41N3O3. The van der Waals surface area contributed by atoms with Gasteiger partial charge in [0.05, 0.1) is 5.56 Å². The minimum atomic E-state index is -0.0199. The van der Waals surface area contributed by atoms with Gasteiger partial charge < -0.3 is 19.8 Å². The molecule has 1 aliphatic heterocycles. The zero-order valence-corrected chi connectivity index (χ0v) is 25.5. The van der Waals surface area contributed by atoms with Gasteiger partial charge in [0.1, 0.15) is 5.75 Å². The van der Waals surface area contributed by atoms with E-state index in [0.29, 0.717) is 35.2 Å². The largest absolute Gasteiger partial charge is 0.508 e. The number of hydrogen-bond acceptors (Lipinski definition) is 4. The molecule has 0 radical (unpaired) electrons. The highest BCUT2D eigenvalue weighted by atomic mass is 16.3. The highest BCUT2D eigenvalue weighted by molar-refractivity contribution is 5.97. The summed E-state index contributed by atoms with van der Waals surface area (Å²) >= 11 is 0. The summed E-state index contributed by atoms with van der Waals surface area (Å²) in [4.78, 5) is 33.1. The van der Waals surface area contributed by atoms with Crippen LogP contribution in [-0.4, -0.2) is 66.5 Å². The molecule has 0 aromatic heterocycles. The van der Waals surface area contributed by atoms with Crippen molar-refractivity contribution in [1.29, 1.82) is 0 Å². The molecule has 5 aliphatic rings. The van der Waals surface area contributed by atoms with Crippen LogP contribution in [0.1, 0.15) is 70.4 Å². The van der Waals surface area contributed by atoms with Crippen molar-refractivity contribution < 1.29 is 14.7 Å². The zero-order chi connectivity index (χ0) is 30.3. The number of phenols is 1. The minimum absolute atomic E-state index is 0.0199. The van der Waals surface area contributed by atoms with Gasteiger partial charge in [0.25, 0.3) is 11.8 Å². The summed E-state index contributed by atoms with van der Waals surface area (Å²) in [5.74, 6) is 9.11. The molecule has 0 unspecified atom stereocenters. The molecule has 0 atom stereocenters. The maximum absolute atomic E-state index is 13.5. The summed E-state index contributed by atoms with van der Waals surface area (Å²) in [7, 11) is 1.99. The van der Waals surface area contributed by atoms with E-state index in [0.717, 1.165) is 48.6 Å². The van der Waals surface area contributed by atoms with E-state index in [4.69, 9.17) is 0 Å². The van der Waals surface area contributed by atoms with Crippen molar-refractivity contribution in [2.75, 3.05) is 44.7 Å². The van der Waals surface area contributed by atoms with E-state index < -0.39 is 0 Å². The van der Waals surface area contributed by atoms with Crippen LogP contribution < -0.4 is 4.90 Å². The van der Waals surface area contributed by atoms with Gasteiger partial charge in [-0.05, 0) is 116 Å². The van der Waals surface area contributed by atoms with E-state index in [9.17, 15) is 14.7 Å². The SMILES string of the molecule is CN(CC12CC3CC(CC(C3)C1)C2)C(=O)c1ccc(N2CCN(C(=O)c3ccccc3C#Cc3cccc(O)c3)CC2)cc1. The molecule has 1 N–H and O–H groups in total. The first-order valence-electron chi connectivity index (χ1n) is 16.1. The Morgan fingerprint density at radius 2 is 1.50 bits per heavy atom. The molecule has 3 aromatic carbocycles. The third kappa shape index (κ3) is 5.80. The van der Waals surface area contributed by atoms with E-state index >= 15 is 0 Å². The maximum Gasteiger partial charge on any atom is 0.255 e. The van der Waals surface area contributed by atoms with Gasteiger partial charge in [0.15, 0.2) is 0 Å². The van der Waals surface area contributed by atoms with Gasteiger partial charge in [-0.15, -0.1) is 0 Å². The van der Waals surface area contributed by atoms with Crippen LogP contribution in [0.4, 0.5) is 5.69 Å². The van der Waals surface area contributed by atoms with E-state index in [-0.39, 0.29) is 17.6 Å². The maximum atomic E-state index is 13.5. The lowest BCUT2D eigenvalue weighted by atomic mass is 9.49. The number of hydrogen-bond donors (Lipinski definition) is 1. The first-order chi connectivity index (χ1) is 21.3. The lowest BCUT2D eigenvalue weighted by Gasteiger charge is -2.57. The summed E-state index contributed by atoms with van der Waals surface area (Å²) in [5.41, 5.74) is 4.14. The molecule has 2 amide bonds. The third-order valence-corrected chi connectivity index (χ3v) is 10.5. The van der Waals surface area contributed by atoms with Crippen LogP contribution in [0, 0.1) is 35.0 Å². The molecule has 6 nitrogen and oxygen atoms in total. The predicted octanol–water partition coefficient (Wildman–Crippen LogP) is 6.04. The van der Waals surface area contributed by atoms with E-state index in [2.05, 4.69) is 28.9 Å². The van der Waals surface area contributed by atoms with E-state index in [1.165, 1.54) is 38.5 Å². The number of nitrogens with zero attached hydrogens (tertiary/aromatic N) is 3. The monoisotopic (exact) mass is 587 g/mol. The standard InChI is InChI=1S/C38H41N3O3/c1-39(26-38-23-28-19-29(24-38)21-30(20-28)25-38)36(43)32-11-13-33(14-12-32)40-15-17-41(18-16-40)37(44)35-8-3-2-6-31(35)10-9-27-5-4-7-34(42)22-27/h2-8,11-14,22,28-30,42H,15-21,23-26H2,1H3. The van der Waals surface area contributed by atoms with Crippen molar-refractivity contribution in [3.05, 3.63) is 95.1 Å². The van der Waals surface area contributed by atoms with Gasteiger partial charge in [-0.2, -0.15) is 0 Å². The van der Waals surface area contributed by atoms with Crippen LogP contribution >= 0.6 is 0 Å². The number of rotatable bonds is 5. The first kappa shape index (κ1) is 28.5. The number of carbonyl (C=O) groups is 2. The number of carbonyl (C=O) groups excluding carboxylic acids is 2. The summed E-state index contributed by atoms with van der Waals surface area (Å²) in [6, 6.07) is 22.3. The molecule has 4 bridgehead atoms. The fourth-order valence-electron chi connectivity index (χ4n) is 8.93. The Hall–Kier alpha value is -4.24. The summed E-state index contributed by atoms with van der Waals surface area (Å²) in [6.45, 7) is 3.56. The zero-order valence-electron chi connectivity index (χ0n) is 25.5. The van der Waals surface area contributed by atoms with Gasteiger partial charge in [-0.1, -0.05) is 30.0 Å². The molecule has 1 heterocycles. The van der Waals surface area contributed by atoms with Crippen LogP contribution in [0.3, 0.4) is 0 Å². The Labute approximate surface area is 260 Å². The molecule has 4 aliphatic carbocycles. The van der Waals surface area contributed by atoms with E-state index in [1.807, 2.05) is 59.3 Å². The molecule has 44 heavy (non-hydrogen) atoms. The Bertz CT molecular complexity index is 1570. The Morgan fingerprint density at radius 3 is 2.16 bits per heavy atom. The quantitative estimate of drug-likeness (QED) is 0.370. The number of benzene rings is 3. The fraction of sp³-hybridized carbons (Fsp3) is 0.421. The molecule has 0 spiro atoms. The second-order valence-electron chi connectivity index (χ2n) is 13.8. The van der Waals surface area contributed by atoms with Crippen LogP contribution in [0.15, 0.2) is 72.8 Å². The van der Waals surface area contributed by atoms with Crippen molar-refractivity contribution in [1.82, 2.24) is 9.80 Å². The molecule has 4 saturated carbocycles. The minimum Gasteiger partial charge on any atom is -0.508 e. The van der Waals surface area contributed by atoms with Crippen LogP contribution in [0.25, 0.3) is 0 Å². The first-order valence-corrected chi connectivity index (χ1v) is 16.1. The smallest absolute Gasteiger partial charge is 0.255 e. The van der Waals surface area contributed by atoms with Gasteiger partial charge in [0.2, 0.25) is 0 Å². The van der Waals surface area contributed by atoms with Gasteiger partial charge >= 0.3 is 0 Å². The van der Waals surface area contributed by atoms with Gasteiger partial charge in [-0.25, -0.2) is 0 Å². The number of piperazine rings is 1. The average molecular weight is 588 g/mol. The number of anilines is 1. The summed E-state index contributed by atoms with van der Waals surface area (Å²) < 4.78 is 0. The van der Waals surface area contributed by atoms with Crippen molar-refractivity contribution in [3.63, 3.8) is 0 Å². The highest BCUT2D eigenvalue weighted by Gasteiger charge is 2.51. The number of amides is 2. The molecule has 1 saturated heterocycles. The van der Waals surface area contributed by atoms with Crippen molar-refractivity contribution in [2.24, 2.45) is 23.2 Å². The average Bonchev–Trinajstić information content (AvgIpc) is 3.02. The van der Waals surface area contributed by atoms with Gasteiger partial charge in [0, 0.05) is 62.1 Å². The second-order valence-corrected chi connectivity index (χ2v) is 13.8. The Balaban J connectivity index is 0.955. The van der Waals surface area contributed by atoms with Crippen LogP contribution in [0.2, 0.25) is 0 Å². The number of phenolic OH excluding ortho intramolecular Hbond substituents is 1. The lowest BCUT2D eigenvalue weighted by Crippen LogP contribution is -2.51. The topological polar surface area (TPSA) is 64.1 Å². The summed E-state index contributed by atoms with van der Waals surface area (Å²) in [5, 5.41) is 9.73. The second kappa shape index (κ2) is 11.7. The van der Waals surface area contributed by atoms with Gasteiger partial charge in [-0.3, -0.25) is 9.59 Å². The molecule has 8 rings (SSSR count). The Kier molecular flexibility index (Phi) is 7.58. The molecular weight excluding hydrogens is 546 g/mol.